The summed E-state index contributed by atoms with van der Waals surface area (Å²) < 4.78 is 0. The van der Waals surface area contributed by atoms with Crippen LogP contribution < -0.4 is 32.3 Å². The number of amides is 6. The van der Waals surface area contributed by atoms with Crippen LogP contribution >= 0.6 is 0 Å². The Labute approximate surface area is 276 Å². The minimum Gasteiger partial charge on any atom is -0.322 e. The first-order valence-corrected chi connectivity index (χ1v) is 15.4. The quantitative estimate of drug-likeness (QED) is 0.156. The molecule has 0 unspecified atom stereocenters. The van der Waals surface area contributed by atoms with Crippen molar-refractivity contribution in [1.29, 1.82) is 0 Å². The highest BCUT2D eigenvalue weighted by Crippen LogP contribution is 2.29. The van der Waals surface area contributed by atoms with Gasteiger partial charge in [-0.3, -0.25) is 50.5 Å². The Balaban J connectivity index is 0.995. The van der Waals surface area contributed by atoms with Crippen molar-refractivity contribution >= 4 is 46.8 Å². The molecule has 1 saturated carbocycles. The zero-order valence-corrected chi connectivity index (χ0v) is 25.8. The molecular weight excluding hydrogens is 612 g/mol. The largest absolute Gasteiger partial charge is 0.322 e. The molecule has 0 heterocycles. The zero-order chi connectivity index (χ0) is 33.9. The maximum Gasteiger partial charge on any atom is 0.269 e. The van der Waals surface area contributed by atoms with Crippen LogP contribution in [0.4, 0.5) is 11.4 Å². The van der Waals surface area contributed by atoms with Gasteiger partial charge in [0.05, 0.1) is 0 Å². The maximum atomic E-state index is 12.7. The van der Waals surface area contributed by atoms with Gasteiger partial charge in [-0.15, -0.1) is 0 Å². The van der Waals surface area contributed by atoms with E-state index >= 15 is 0 Å². The van der Waals surface area contributed by atoms with Gasteiger partial charge in [-0.2, -0.15) is 0 Å². The monoisotopic (exact) mass is 646 g/mol. The van der Waals surface area contributed by atoms with Crippen LogP contribution in [-0.4, -0.2) is 35.4 Å². The van der Waals surface area contributed by atoms with Gasteiger partial charge in [-0.1, -0.05) is 36.4 Å². The number of carbonyl (C=O) groups is 6. The average Bonchev–Trinajstić information content (AvgIpc) is 3.14. The number of rotatable bonds is 8. The van der Waals surface area contributed by atoms with Gasteiger partial charge in [-0.05, 0) is 98.5 Å². The molecular formula is C36H34N6O6. The molecule has 48 heavy (non-hydrogen) atoms. The van der Waals surface area contributed by atoms with Gasteiger partial charge < -0.3 is 10.6 Å². The van der Waals surface area contributed by atoms with Gasteiger partial charge in [0, 0.05) is 45.5 Å². The molecule has 0 aliphatic heterocycles. The van der Waals surface area contributed by atoms with Gasteiger partial charge in [0.25, 0.3) is 23.6 Å². The predicted molar refractivity (Wildman–Crippen MR) is 178 cm³/mol. The maximum absolute atomic E-state index is 12.7. The number of nitrogens with one attached hydrogen (secondary N) is 6. The third-order valence-corrected chi connectivity index (χ3v) is 7.95. The van der Waals surface area contributed by atoms with Crippen molar-refractivity contribution in [3.63, 3.8) is 0 Å². The minimum absolute atomic E-state index is 0.272. The summed E-state index contributed by atoms with van der Waals surface area (Å²) in [5, 5.41) is 5.52. The first-order valence-electron chi connectivity index (χ1n) is 15.4. The summed E-state index contributed by atoms with van der Waals surface area (Å²) in [6.45, 7) is 0. The molecule has 0 bridgehead atoms. The lowest BCUT2D eigenvalue weighted by molar-refractivity contribution is -0.131. The standard InChI is InChI=1S/C36H34N6O6/c43-31(23-7-3-1-4-8-23)37-29-19-15-27(16-20-29)35(47)41-39-33(45)25-11-13-26(14-12-25)34(46)40-42-36(48)28-17-21-30(22-18-28)38-32(44)24-9-5-2-6-10-24/h1-10,15-22,25-26H,11-14H2,(H,37,43)(H,38,44)(H,39,45)(H,40,46)(H,41,47)(H,42,48). The molecule has 1 fully saturated rings. The molecule has 6 N–H and O–H groups in total. The molecule has 4 aromatic rings. The lowest BCUT2D eigenvalue weighted by atomic mass is 9.81. The number of hydrazine groups is 2. The average molecular weight is 647 g/mol. The Morgan fingerprint density at radius 3 is 1.02 bits per heavy atom. The zero-order valence-electron chi connectivity index (χ0n) is 25.8. The van der Waals surface area contributed by atoms with E-state index in [1.54, 1.807) is 72.8 Å². The van der Waals surface area contributed by atoms with Gasteiger partial charge >= 0.3 is 0 Å². The Morgan fingerprint density at radius 1 is 0.375 bits per heavy atom. The van der Waals surface area contributed by atoms with Crippen LogP contribution in [0.15, 0.2) is 109 Å². The highest BCUT2D eigenvalue weighted by atomic mass is 16.2. The molecule has 0 aromatic heterocycles. The molecule has 0 saturated heterocycles. The number of carbonyl (C=O) groups excluding carboxylic acids is 6. The summed E-state index contributed by atoms with van der Waals surface area (Å²) in [5.74, 6) is -3.06. The third-order valence-electron chi connectivity index (χ3n) is 7.95. The third kappa shape index (κ3) is 8.91. The van der Waals surface area contributed by atoms with Gasteiger partial charge in [0.15, 0.2) is 0 Å². The normalized spacial score (nSPS) is 15.2. The van der Waals surface area contributed by atoms with Gasteiger partial charge in [0.2, 0.25) is 11.8 Å². The SMILES string of the molecule is O=C(NNC(=O)C1CCC(C(=O)NNC(=O)c2ccc(NC(=O)c3ccccc3)cc2)CC1)c1ccc(NC(=O)c2ccccc2)cc1. The molecule has 12 heteroatoms. The predicted octanol–water partition coefficient (Wildman–Crippen LogP) is 4.22. The van der Waals surface area contributed by atoms with Crippen molar-refractivity contribution in [2.45, 2.75) is 25.7 Å². The lowest BCUT2D eigenvalue weighted by Gasteiger charge is -2.27. The van der Waals surface area contributed by atoms with E-state index in [1.165, 1.54) is 24.3 Å². The Bertz CT molecular complexity index is 1640. The second kappa shape index (κ2) is 15.8. The molecule has 5 rings (SSSR count). The van der Waals surface area contributed by atoms with E-state index in [9.17, 15) is 28.8 Å². The lowest BCUT2D eigenvalue weighted by Crippen LogP contribution is -2.47. The fourth-order valence-electron chi connectivity index (χ4n) is 5.20. The van der Waals surface area contributed by atoms with E-state index in [-0.39, 0.29) is 35.5 Å². The Kier molecular flexibility index (Phi) is 10.9. The summed E-state index contributed by atoms with van der Waals surface area (Å²) in [7, 11) is 0. The summed E-state index contributed by atoms with van der Waals surface area (Å²) >= 11 is 0. The van der Waals surface area contributed by atoms with Crippen molar-refractivity contribution in [3.8, 4) is 0 Å². The van der Waals surface area contributed by atoms with Crippen LogP contribution in [0.3, 0.4) is 0 Å². The summed E-state index contributed by atoms with van der Waals surface area (Å²) in [6.07, 6.45) is 1.72. The molecule has 6 amide bonds. The van der Waals surface area contributed by atoms with Crippen LogP contribution in [0.1, 0.15) is 67.1 Å². The molecule has 1 aliphatic rings. The van der Waals surface area contributed by atoms with Crippen molar-refractivity contribution in [2.24, 2.45) is 11.8 Å². The molecule has 0 radical (unpaired) electrons. The fraction of sp³-hybridized carbons (Fsp3) is 0.167. The Morgan fingerprint density at radius 2 is 0.688 bits per heavy atom. The smallest absolute Gasteiger partial charge is 0.269 e. The van der Waals surface area contributed by atoms with E-state index in [2.05, 4.69) is 32.3 Å². The van der Waals surface area contributed by atoms with E-state index in [1.807, 2.05) is 12.1 Å². The minimum atomic E-state index is -0.514. The Hall–Kier alpha value is -6.30. The summed E-state index contributed by atoms with van der Waals surface area (Å²) in [6, 6.07) is 30.0. The second-order valence-electron chi connectivity index (χ2n) is 11.2. The van der Waals surface area contributed by atoms with Crippen LogP contribution in [0.25, 0.3) is 0 Å². The van der Waals surface area contributed by atoms with Crippen LogP contribution in [0.5, 0.6) is 0 Å². The number of hydrogen-bond acceptors (Lipinski definition) is 6. The fourth-order valence-corrected chi connectivity index (χ4v) is 5.20. The molecule has 12 nitrogen and oxygen atoms in total. The number of benzene rings is 4. The molecule has 0 atom stereocenters. The number of anilines is 2. The summed E-state index contributed by atoms with van der Waals surface area (Å²) in [5.41, 5.74) is 12.4. The molecule has 244 valence electrons. The highest BCUT2D eigenvalue weighted by molar-refractivity contribution is 6.05. The van der Waals surface area contributed by atoms with Crippen LogP contribution in [-0.2, 0) is 9.59 Å². The van der Waals surface area contributed by atoms with Crippen LogP contribution in [0, 0.1) is 11.8 Å². The molecule has 1 aliphatic carbocycles. The van der Waals surface area contributed by atoms with E-state index in [0.29, 0.717) is 59.3 Å². The van der Waals surface area contributed by atoms with Gasteiger partial charge in [0.1, 0.15) is 0 Å². The summed E-state index contributed by atoms with van der Waals surface area (Å²) in [4.78, 5) is 75.1. The highest BCUT2D eigenvalue weighted by Gasteiger charge is 2.30. The second-order valence-corrected chi connectivity index (χ2v) is 11.2. The first kappa shape index (κ1) is 33.1. The number of hydrogen-bond donors (Lipinski definition) is 6. The molecule has 4 aromatic carbocycles. The molecule has 0 spiro atoms. The van der Waals surface area contributed by atoms with Crippen molar-refractivity contribution in [1.82, 2.24) is 21.7 Å². The van der Waals surface area contributed by atoms with Crippen molar-refractivity contribution < 1.29 is 28.8 Å². The van der Waals surface area contributed by atoms with E-state index in [4.69, 9.17) is 0 Å². The van der Waals surface area contributed by atoms with Gasteiger partial charge in [-0.25, -0.2) is 0 Å². The van der Waals surface area contributed by atoms with Crippen LogP contribution in [0.2, 0.25) is 0 Å². The van der Waals surface area contributed by atoms with Crippen molar-refractivity contribution in [2.75, 3.05) is 10.6 Å². The first-order chi connectivity index (χ1) is 23.3. The van der Waals surface area contributed by atoms with E-state index < -0.39 is 11.8 Å². The topological polar surface area (TPSA) is 175 Å². The van der Waals surface area contributed by atoms with Crippen molar-refractivity contribution in [3.05, 3.63) is 131 Å². The van der Waals surface area contributed by atoms with E-state index in [0.717, 1.165) is 0 Å².